The molecule has 2 aromatic rings. The van der Waals surface area contributed by atoms with Crippen molar-refractivity contribution in [1.29, 1.82) is 0 Å². The summed E-state index contributed by atoms with van der Waals surface area (Å²) in [4.78, 5) is 23.4. The summed E-state index contributed by atoms with van der Waals surface area (Å²) in [6, 6.07) is 14.6. The lowest BCUT2D eigenvalue weighted by atomic mass is 10.2. The fourth-order valence-electron chi connectivity index (χ4n) is 2.29. The molecule has 6 nitrogen and oxygen atoms in total. The third-order valence-electron chi connectivity index (χ3n) is 3.51. The second-order valence-corrected chi connectivity index (χ2v) is 5.36. The molecule has 3 rings (SSSR count). The first kappa shape index (κ1) is 15.9. The van der Waals surface area contributed by atoms with Gasteiger partial charge in [0.25, 0.3) is 5.91 Å². The summed E-state index contributed by atoms with van der Waals surface area (Å²) in [5.74, 6) is 1.00. The van der Waals surface area contributed by atoms with Crippen LogP contribution >= 0.6 is 0 Å². The molecule has 0 bridgehead atoms. The summed E-state index contributed by atoms with van der Waals surface area (Å²) >= 11 is 0. The largest absolute Gasteiger partial charge is 0.491 e. The summed E-state index contributed by atoms with van der Waals surface area (Å²) < 4.78 is 10.9. The number of ether oxygens (including phenoxy) is 2. The molecule has 1 aliphatic rings. The molecule has 0 radical (unpaired) electrons. The number of carbonyl (C=O) groups is 2. The molecule has 2 amide bonds. The molecule has 0 spiro atoms. The summed E-state index contributed by atoms with van der Waals surface area (Å²) in [7, 11) is 0. The van der Waals surface area contributed by atoms with Crippen molar-refractivity contribution in [3.63, 3.8) is 0 Å². The van der Waals surface area contributed by atoms with E-state index in [0.29, 0.717) is 36.8 Å². The molecule has 124 valence electrons. The van der Waals surface area contributed by atoms with Gasteiger partial charge in [0.2, 0.25) is 5.91 Å². The van der Waals surface area contributed by atoms with E-state index in [1.807, 2.05) is 24.3 Å². The van der Waals surface area contributed by atoms with Crippen molar-refractivity contribution in [1.82, 2.24) is 5.32 Å². The molecule has 1 aliphatic heterocycles. The molecule has 0 aromatic heterocycles. The molecule has 24 heavy (non-hydrogen) atoms. The Hall–Kier alpha value is -3.02. The van der Waals surface area contributed by atoms with Gasteiger partial charge in [0, 0.05) is 6.54 Å². The zero-order valence-electron chi connectivity index (χ0n) is 13.1. The quantitative estimate of drug-likeness (QED) is 0.882. The highest BCUT2D eigenvalue weighted by molar-refractivity contribution is 5.93. The van der Waals surface area contributed by atoms with Crippen molar-refractivity contribution in [3.05, 3.63) is 54.1 Å². The molecule has 6 heteroatoms. The van der Waals surface area contributed by atoms with Crippen LogP contribution in [0.2, 0.25) is 0 Å². The Labute approximate surface area is 139 Å². The van der Waals surface area contributed by atoms with Crippen LogP contribution in [-0.2, 0) is 16.1 Å². The summed E-state index contributed by atoms with van der Waals surface area (Å²) in [5, 5.41) is 5.58. The Morgan fingerprint density at radius 3 is 2.88 bits per heavy atom. The maximum absolute atomic E-state index is 11.9. The third kappa shape index (κ3) is 4.25. The van der Waals surface area contributed by atoms with Gasteiger partial charge in [-0.2, -0.15) is 0 Å². The zero-order chi connectivity index (χ0) is 16.8. The first-order valence-corrected chi connectivity index (χ1v) is 7.71. The van der Waals surface area contributed by atoms with Gasteiger partial charge in [0.05, 0.1) is 18.7 Å². The number of amides is 2. The van der Waals surface area contributed by atoms with Crippen molar-refractivity contribution >= 4 is 17.5 Å². The van der Waals surface area contributed by atoms with E-state index in [9.17, 15) is 9.59 Å². The standard InChI is InChI=1S/C18H18N2O4/c21-17-8-9-23-16-7-6-13(10-15(16)20-17)11-19-18(22)12-24-14-4-2-1-3-5-14/h1-7,10H,8-9,11-12H2,(H,19,22)(H,20,21). The fourth-order valence-corrected chi connectivity index (χ4v) is 2.29. The maximum atomic E-state index is 11.9. The van der Waals surface area contributed by atoms with Crippen LogP contribution in [0.1, 0.15) is 12.0 Å². The lowest BCUT2D eigenvalue weighted by molar-refractivity contribution is -0.123. The lowest BCUT2D eigenvalue weighted by Crippen LogP contribution is -2.28. The van der Waals surface area contributed by atoms with Crippen molar-refractivity contribution in [2.75, 3.05) is 18.5 Å². The highest BCUT2D eigenvalue weighted by Crippen LogP contribution is 2.28. The van der Waals surface area contributed by atoms with Crippen LogP contribution in [0.3, 0.4) is 0 Å². The SMILES string of the molecule is O=C(COc1ccccc1)NCc1ccc2c(c1)NC(=O)CCO2. The van der Waals surface area contributed by atoms with E-state index < -0.39 is 0 Å². The van der Waals surface area contributed by atoms with E-state index in [2.05, 4.69) is 10.6 Å². The number of nitrogens with one attached hydrogen (secondary N) is 2. The van der Waals surface area contributed by atoms with E-state index in [4.69, 9.17) is 9.47 Å². The molecular weight excluding hydrogens is 308 g/mol. The van der Waals surface area contributed by atoms with Gasteiger partial charge in [-0.3, -0.25) is 9.59 Å². The molecule has 0 fully saturated rings. The van der Waals surface area contributed by atoms with Gasteiger partial charge in [0.15, 0.2) is 6.61 Å². The van der Waals surface area contributed by atoms with Gasteiger partial charge in [-0.15, -0.1) is 0 Å². The maximum Gasteiger partial charge on any atom is 0.258 e. The van der Waals surface area contributed by atoms with Crippen LogP contribution in [-0.4, -0.2) is 25.0 Å². The minimum Gasteiger partial charge on any atom is -0.491 e. The number of para-hydroxylation sites is 1. The van der Waals surface area contributed by atoms with Crippen molar-refractivity contribution < 1.29 is 19.1 Å². The molecule has 0 atom stereocenters. The lowest BCUT2D eigenvalue weighted by Gasteiger charge is -2.11. The number of fused-ring (bicyclic) bond motifs is 1. The molecule has 0 saturated carbocycles. The van der Waals surface area contributed by atoms with Crippen molar-refractivity contribution in [3.8, 4) is 11.5 Å². The first-order chi connectivity index (χ1) is 11.7. The number of benzene rings is 2. The van der Waals surface area contributed by atoms with E-state index in [1.165, 1.54) is 0 Å². The Kier molecular flexibility index (Phi) is 4.96. The summed E-state index contributed by atoms with van der Waals surface area (Å²) in [6.45, 7) is 0.667. The van der Waals surface area contributed by atoms with Gasteiger partial charge in [0.1, 0.15) is 11.5 Å². The summed E-state index contributed by atoms with van der Waals surface area (Å²) in [6.07, 6.45) is 0.331. The molecule has 2 aromatic carbocycles. The zero-order valence-corrected chi connectivity index (χ0v) is 13.1. The Bertz CT molecular complexity index is 731. The number of anilines is 1. The smallest absolute Gasteiger partial charge is 0.258 e. The molecule has 0 aliphatic carbocycles. The first-order valence-electron chi connectivity index (χ1n) is 7.71. The Morgan fingerprint density at radius 2 is 2.04 bits per heavy atom. The van der Waals surface area contributed by atoms with E-state index in [1.54, 1.807) is 24.3 Å². The molecule has 2 N–H and O–H groups in total. The topological polar surface area (TPSA) is 76.7 Å². The second-order valence-electron chi connectivity index (χ2n) is 5.36. The highest BCUT2D eigenvalue weighted by atomic mass is 16.5. The van der Waals surface area contributed by atoms with Gasteiger partial charge < -0.3 is 20.1 Å². The van der Waals surface area contributed by atoms with Gasteiger partial charge in [-0.25, -0.2) is 0 Å². The number of carbonyl (C=O) groups excluding carboxylic acids is 2. The minimum atomic E-state index is -0.214. The Morgan fingerprint density at radius 1 is 1.21 bits per heavy atom. The minimum absolute atomic E-state index is 0.0468. The van der Waals surface area contributed by atoms with Crippen LogP contribution in [0.4, 0.5) is 5.69 Å². The molecule has 0 saturated heterocycles. The van der Waals surface area contributed by atoms with Crippen LogP contribution in [0.25, 0.3) is 0 Å². The molecule has 0 unspecified atom stereocenters. The van der Waals surface area contributed by atoms with Crippen LogP contribution in [0.15, 0.2) is 48.5 Å². The van der Waals surface area contributed by atoms with Crippen LogP contribution in [0, 0.1) is 0 Å². The van der Waals surface area contributed by atoms with Crippen molar-refractivity contribution in [2.45, 2.75) is 13.0 Å². The molecular formula is C18H18N2O4. The van der Waals surface area contributed by atoms with Gasteiger partial charge in [-0.05, 0) is 29.8 Å². The van der Waals surface area contributed by atoms with Gasteiger partial charge in [-0.1, -0.05) is 24.3 Å². The monoisotopic (exact) mass is 326 g/mol. The highest BCUT2D eigenvalue weighted by Gasteiger charge is 2.14. The number of hydrogen-bond acceptors (Lipinski definition) is 4. The van der Waals surface area contributed by atoms with Crippen molar-refractivity contribution in [2.24, 2.45) is 0 Å². The second kappa shape index (κ2) is 7.50. The van der Waals surface area contributed by atoms with E-state index in [0.717, 1.165) is 5.56 Å². The Balaban J connectivity index is 1.53. The predicted molar refractivity (Wildman–Crippen MR) is 89.0 cm³/mol. The van der Waals surface area contributed by atoms with E-state index in [-0.39, 0.29) is 18.4 Å². The third-order valence-corrected chi connectivity index (χ3v) is 3.51. The summed E-state index contributed by atoms with van der Waals surface area (Å²) in [5.41, 5.74) is 1.50. The van der Waals surface area contributed by atoms with Gasteiger partial charge >= 0.3 is 0 Å². The average Bonchev–Trinajstić information content (AvgIpc) is 2.79. The van der Waals surface area contributed by atoms with E-state index >= 15 is 0 Å². The molecule has 1 heterocycles. The van der Waals surface area contributed by atoms with Crippen LogP contribution < -0.4 is 20.1 Å². The average molecular weight is 326 g/mol. The normalized spacial score (nSPS) is 13.1. The van der Waals surface area contributed by atoms with Crippen LogP contribution in [0.5, 0.6) is 11.5 Å². The number of hydrogen-bond donors (Lipinski definition) is 2. The predicted octanol–water partition coefficient (Wildman–Crippen LogP) is 2.10. The number of rotatable bonds is 5. The fraction of sp³-hybridized carbons (Fsp3) is 0.222.